The minimum atomic E-state index is -0.245. The highest BCUT2D eigenvalue weighted by molar-refractivity contribution is 5.94. The molecule has 0 saturated carbocycles. The molecule has 2 amide bonds. The van der Waals surface area contributed by atoms with Crippen LogP contribution in [0, 0.1) is 0 Å². The second-order valence-electron chi connectivity index (χ2n) is 6.75. The fourth-order valence-corrected chi connectivity index (χ4v) is 2.70. The Labute approximate surface area is 172 Å². The van der Waals surface area contributed by atoms with Crippen LogP contribution in [0.4, 0.5) is 5.69 Å². The summed E-state index contributed by atoms with van der Waals surface area (Å²) in [5, 5.41) is 5.40. The van der Waals surface area contributed by atoms with Gasteiger partial charge < -0.3 is 25.0 Å². The number of carbonyl (C=O) groups excluding carboxylic acids is 2. The van der Waals surface area contributed by atoms with Crippen molar-refractivity contribution in [2.45, 2.75) is 12.8 Å². The lowest BCUT2D eigenvalue weighted by atomic mass is 10.1. The maximum atomic E-state index is 12.4. The van der Waals surface area contributed by atoms with E-state index in [1.165, 1.54) is 25.4 Å². The monoisotopic (exact) mass is 399 g/mol. The summed E-state index contributed by atoms with van der Waals surface area (Å²) < 4.78 is 10.7. The molecule has 0 aliphatic rings. The predicted molar refractivity (Wildman–Crippen MR) is 114 cm³/mol. The topological polar surface area (TPSA) is 79.9 Å². The van der Waals surface area contributed by atoms with E-state index in [1.807, 2.05) is 14.1 Å². The zero-order chi connectivity index (χ0) is 21.2. The lowest BCUT2D eigenvalue weighted by Crippen LogP contribution is -2.25. The summed E-state index contributed by atoms with van der Waals surface area (Å²) in [6.45, 7) is 0.458. The molecule has 0 saturated heterocycles. The molecule has 0 unspecified atom stereocenters. The van der Waals surface area contributed by atoms with Gasteiger partial charge >= 0.3 is 0 Å². The molecule has 2 aromatic carbocycles. The lowest BCUT2D eigenvalue weighted by molar-refractivity contribution is -0.122. The van der Waals surface area contributed by atoms with Gasteiger partial charge in [0.25, 0.3) is 11.8 Å². The molecular weight excluding hydrogens is 370 g/mol. The smallest absolute Gasteiger partial charge is 0.257 e. The lowest BCUT2D eigenvalue weighted by Gasteiger charge is -2.13. The van der Waals surface area contributed by atoms with E-state index in [4.69, 9.17) is 9.47 Å². The Bertz CT molecular complexity index is 819. The average Bonchev–Trinajstić information content (AvgIpc) is 2.74. The number of ether oxygens (including phenoxy) is 2. The number of amides is 2. The first-order valence-corrected chi connectivity index (χ1v) is 9.50. The first-order chi connectivity index (χ1) is 13.9. The zero-order valence-corrected chi connectivity index (χ0v) is 17.5. The number of rotatable bonds is 10. The molecule has 2 aromatic rings. The number of hydrogen-bond donors (Lipinski definition) is 2. The van der Waals surface area contributed by atoms with Crippen LogP contribution in [0.5, 0.6) is 11.5 Å². The van der Waals surface area contributed by atoms with Crippen LogP contribution in [0.15, 0.2) is 42.5 Å². The number of nitrogens with zero attached hydrogens (tertiary/aromatic N) is 1. The van der Waals surface area contributed by atoms with Crippen molar-refractivity contribution >= 4 is 17.5 Å². The minimum Gasteiger partial charge on any atom is -0.493 e. The number of likely N-dealkylation sites (N-methyl/N-ethyl adjacent to an activating group) is 1. The highest BCUT2D eigenvalue weighted by Crippen LogP contribution is 2.28. The van der Waals surface area contributed by atoms with E-state index in [9.17, 15) is 9.59 Å². The molecule has 0 aliphatic carbocycles. The first kappa shape index (κ1) is 22.1. The van der Waals surface area contributed by atoms with E-state index in [2.05, 4.69) is 39.8 Å². The average molecular weight is 399 g/mol. The highest BCUT2D eigenvalue weighted by atomic mass is 16.5. The van der Waals surface area contributed by atoms with Crippen LogP contribution in [-0.2, 0) is 11.2 Å². The Morgan fingerprint density at radius 2 is 1.76 bits per heavy atom. The summed E-state index contributed by atoms with van der Waals surface area (Å²) in [5.41, 5.74) is 2.88. The predicted octanol–water partition coefficient (Wildman–Crippen LogP) is 2.25. The van der Waals surface area contributed by atoms with Crippen LogP contribution in [0.3, 0.4) is 0 Å². The third kappa shape index (κ3) is 6.71. The standard InChI is InChI=1S/C22H29N3O4/c1-23-21(26)15-29-19-12-9-17(14-20(19)28-4)22(27)24-13-5-6-16-7-10-18(11-8-16)25(2)3/h7-12,14H,5-6,13,15H2,1-4H3,(H,23,26)(H,24,27). The van der Waals surface area contributed by atoms with Crippen molar-refractivity contribution in [1.29, 1.82) is 0 Å². The number of anilines is 1. The van der Waals surface area contributed by atoms with Gasteiger partial charge in [0, 0.05) is 38.9 Å². The van der Waals surface area contributed by atoms with Crippen LogP contribution in [0.1, 0.15) is 22.3 Å². The van der Waals surface area contributed by atoms with Crippen molar-refractivity contribution in [3.8, 4) is 11.5 Å². The van der Waals surface area contributed by atoms with E-state index < -0.39 is 0 Å². The molecule has 0 bridgehead atoms. The second kappa shape index (κ2) is 10.9. The number of benzene rings is 2. The molecular formula is C22H29N3O4. The molecule has 2 N–H and O–H groups in total. The molecule has 0 spiro atoms. The van der Waals surface area contributed by atoms with Crippen LogP contribution in [-0.4, -0.2) is 53.2 Å². The minimum absolute atomic E-state index is 0.117. The molecule has 7 nitrogen and oxygen atoms in total. The Morgan fingerprint density at radius 1 is 1.03 bits per heavy atom. The SMILES string of the molecule is CNC(=O)COc1ccc(C(=O)NCCCc2ccc(N(C)C)cc2)cc1OC. The normalized spacial score (nSPS) is 10.2. The Kier molecular flexibility index (Phi) is 8.33. The van der Waals surface area contributed by atoms with Crippen molar-refractivity contribution < 1.29 is 19.1 Å². The van der Waals surface area contributed by atoms with Gasteiger partial charge in [-0.05, 0) is 48.7 Å². The van der Waals surface area contributed by atoms with Gasteiger partial charge in [-0.25, -0.2) is 0 Å². The molecule has 0 aromatic heterocycles. The van der Waals surface area contributed by atoms with Gasteiger partial charge in [0.05, 0.1) is 7.11 Å². The second-order valence-corrected chi connectivity index (χ2v) is 6.75. The van der Waals surface area contributed by atoms with Crippen LogP contribution in [0.2, 0.25) is 0 Å². The third-order valence-corrected chi connectivity index (χ3v) is 4.44. The summed E-state index contributed by atoms with van der Waals surface area (Å²) in [6.07, 6.45) is 1.74. The molecule has 0 fully saturated rings. The van der Waals surface area contributed by atoms with E-state index in [0.29, 0.717) is 23.6 Å². The van der Waals surface area contributed by atoms with Crippen molar-refractivity contribution in [2.24, 2.45) is 0 Å². The van der Waals surface area contributed by atoms with Crippen LogP contribution in [0.25, 0.3) is 0 Å². The van der Waals surface area contributed by atoms with Crippen molar-refractivity contribution in [3.63, 3.8) is 0 Å². The van der Waals surface area contributed by atoms with Gasteiger partial charge in [-0.3, -0.25) is 9.59 Å². The number of nitrogens with one attached hydrogen (secondary N) is 2. The molecule has 0 heterocycles. The highest BCUT2D eigenvalue weighted by Gasteiger charge is 2.12. The third-order valence-electron chi connectivity index (χ3n) is 4.44. The maximum Gasteiger partial charge on any atom is 0.257 e. The zero-order valence-electron chi connectivity index (χ0n) is 17.5. The Balaban J connectivity index is 1.84. The van der Waals surface area contributed by atoms with Crippen LogP contribution < -0.4 is 25.0 Å². The summed E-state index contributed by atoms with van der Waals surface area (Å²) in [6, 6.07) is 13.3. The fourth-order valence-electron chi connectivity index (χ4n) is 2.70. The van der Waals surface area contributed by atoms with Crippen molar-refractivity contribution in [3.05, 3.63) is 53.6 Å². The number of hydrogen-bond acceptors (Lipinski definition) is 5. The number of methoxy groups -OCH3 is 1. The number of carbonyl (C=O) groups is 2. The quantitative estimate of drug-likeness (QED) is 0.599. The molecule has 0 radical (unpaired) electrons. The van der Waals surface area contributed by atoms with Crippen molar-refractivity contribution in [2.75, 3.05) is 46.3 Å². The molecule has 2 rings (SSSR count). The maximum absolute atomic E-state index is 12.4. The largest absolute Gasteiger partial charge is 0.493 e. The molecule has 7 heteroatoms. The van der Waals surface area contributed by atoms with Gasteiger partial charge in [-0.2, -0.15) is 0 Å². The fraction of sp³-hybridized carbons (Fsp3) is 0.364. The van der Waals surface area contributed by atoms with E-state index in [0.717, 1.165) is 12.8 Å². The first-order valence-electron chi connectivity index (χ1n) is 9.50. The summed E-state index contributed by atoms with van der Waals surface area (Å²) in [5.74, 6) is 0.394. The van der Waals surface area contributed by atoms with E-state index >= 15 is 0 Å². The number of aryl methyl sites for hydroxylation is 1. The van der Waals surface area contributed by atoms with Gasteiger partial charge in [-0.1, -0.05) is 12.1 Å². The summed E-state index contributed by atoms with van der Waals surface area (Å²) >= 11 is 0. The van der Waals surface area contributed by atoms with E-state index in [1.54, 1.807) is 18.2 Å². The molecule has 29 heavy (non-hydrogen) atoms. The molecule has 0 atom stereocenters. The van der Waals surface area contributed by atoms with Crippen molar-refractivity contribution in [1.82, 2.24) is 10.6 Å². The Morgan fingerprint density at radius 3 is 2.38 bits per heavy atom. The van der Waals surface area contributed by atoms with Gasteiger partial charge in [-0.15, -0.1) is 0 Å². The molecule has 0 aliphatic heterocycles. The van der Waals surface area contributed by atoms with Gasteiger partial charge in [0.2, 0.25) is 0 Å². The van der Waals surface area contributed by atoms with E-state index in [-0.39, 0.29) is 18.4 Å². The van der Waals surface area contributed by atoms with Crippen LogP contribution >= 0.6 is 0 Å². The Hall–Kier alpha value is -3.22. The van der Waals surface area contributed by atoms with Gasteiger partial charge in [0.1, 0.15) is 0 Å². The summed E-state index contributed by atoms with van der Waals surface area (Å²) in [4.78, 5) is 25.8. The molecule has 156 valence electrons. The summed E-state index contributed by atoms with van der Waals surface area (Å²) in [7, 11) is 7.06. The van der Waals surface area contributed by atoms with Gasteiger partial charge in [0.15, 0.2) is 18.1 Å².